The standard InChI is InChI=1S/C17H20O4/c1-10(18)14-13(20)9-17(3,21)16(11(2)19)15(14)12-7-5-4-6-8-12/h4-8,15-16,20-21H,9H2,1-3H3/t15-,16+,17-/m1/s1. The van der Waals surface area contributed by atoms with Gasteiger partial charge < -0.3 is 10.2 Å². The van der Waals surface area contributed by atoms with E-state index in [2.05, 4.69) is 0 Å². The maximum absolute atomic E-state index is 12.1. The van der Waals surface area contributed by atoms with Gasteiger partial charge in [-0.05, 0) is 26.3 Å². The van der Waals surface area contributed by atoms with Crippen LogP contribution in [0.3, 0.4) is 0 Å². The second kappa shape index (κ2) is 5.45. The Labute approximate surface area is 124 Å². The SMILES string of the molecule is CC(=O)C1=C(O)C[C@@](C)(O)[C@@H](C(C)=O)[C@@H]1c1ccccc1. The maximum Gasteiger partial charge on any atom is 0.159 e. The van der Waals surface area contributed by atoms with Gasteiger partial charge in [-0.15, -0.1) is 0 Å². The van der Waals surface area contributed by atoms with E-state index >= 15 is 0 Å². The molecule has 0 heterocycles. The first-order chi connectivity index (χ1) is 9.75. The summed E-state index contributed by atoms with van der Waals surface area (Å²) in [6.45, 7) is 4.32. The van der Waals surface area contributed by atoms with E-state index in [1.807, 2.05) is 18.2 Å². The first kappa shape index (κ1) is 15.4. The third kappa shape index (κ3) is 2.76. The van der Waals surface area contributed by atoms with Crippen LogP contribution in [0.4, 0.5) is 0 Å². The number of allylic oxidation sites excluding steroid dienone is 1. The molecule has 1 aromatic rings. The number of hydrogen-bond donors (Lipinski definition) is 2. The third-order valence-corrected chi connectivity index (χ3v) is 4.13. The minimum Gasteiger partial charge on any atom is -0.512 e. The Hall–Kier alpha value is -1.94. The van der Waals surface area contributed by atoms with E-state index in [0.717, 1.165) is 5.56 Å². The maximum atomic E-state index is 12.1. The highest BCUT2D eigenvalue weighted by Crippen LogP contribution is 2.46. The van der Waals surface area contributed by atoms with Crippen LogP contribution in [0.15, 0.2) is 41.7 Å². The summed E-state index contributed by atoms with van der Waals surface area (Å²) in [6, 6.07) is 9.07. The molecule has 0 fully saturated rings. The summed E-state index contributed by atoms with van der Waals surface area (Å²) in [6.07, 6.45) is -0.0878. The molecule has 21 heavy (non-hydrogen) atoms. The molecule has 0 saturated heterocycles. The third-order valence-electron chi connectivity index (χ3n) is 4.13. The molecule has 4 nitrogen and oxygen atoms in total. The van der Waals surface area contributed by atoms with Crippen LogP contribution in [0.2, 0.25) is 0 Å². The van der Waals surface area contributed by atoms with E-state index in [0.29, 0.717) is 0 Å². The van der Waals surface area contributed by atoms with E-state index < -0.39 is 17.4 Å². The zero-order valence-corrected chi connectivity index (χ0v) is 12.5. The molecule has 3 atom stereocenters. The molecule has 1 aliphatic carbocycles. The number of carbonyl (C=O) groups is 2. The second-order valence-corrected chi connectivity index (χ2v) is 5.93. The molecule has 0 spiro atoms. The normalized spacial score (nSPS) is 29.3. The topological polar surface area (TPSA) is 74.6 Å². The van der Waals surface area contributed by atoms with Gasteiger partial charge in [-0.3, -0.25) is 9.59 Å². The molecular formula is C17H20O4. The first-order valence-electron chi connectivity index (χ1n) is 6.96. The fourth-order valence-corrected chi connectivity index (χ4v) is 3.36. The number of hydrogen-bond acceptors (Lipinski definition) is 4. The Morgan fingerprint density at radius 1 is 1.19 bits per heavy atom. The summed E-state index contributed by atoms with van der Waals surface area (Å²) in [5.41, 5.74) is -0.405. The van der Waals surface area contributed by atoms with Crippen molar-refractivity contribution in [2.75, 3.05) is 0 Å². The summed E-state index contributed by atoms with van der Waals surface area (Å²) < 4.78 is 0. The number of benzene rings is 1. The minimum atomic E-state index is -1.38. The van der Waals surface area contributed by atoms with Crippen molar-refractivity contribution in [3.63, 3.8) is 0 Å². The number of aliphatic hydroxyl groups excluding tert-OH is 1. The van der Waals surface area contributed by atoms with Crippen LogP contribution < -0.4 is 0 Å². The molecule has 112 valence electrons. The highest BCUT2D eigenvalue weighted by molar-refractivity contribution is 5.97. The Bertz CT molecular complexity index is 598. The summed E-state index contributed by atoms with van der Waals surface area (Å²) in [7, 11) is 0. The molecule has 0 aromatic heterocycles. The predicted octanol–water partition coefficient (Wildman–Crippen LogP) is 2.53. The van der Waals surface area contributed by atoms with Crippen LogP contribution >= 0.6 is 0 Å². The fourth-order valence-electron chi connectivity index (χ4n) is 3.36. The number of aliphatic hydroxyl groups is 2. The summed E-state index contributed by atoms with van der Waals surface area (Å²) in [5.74, 6) is -1.97. The summed E-state index contributed by atoms with van der Waals surface area (Å²) >= 11 is 0. The monoisotopic (exact) mass is 288 g/mol. The lowest BCUT2D eigenvalue weighted by molar-refractivity contribution is -0.132. The highest BCUT2D eigenvalue weighted by Gasteiger charge is 2.49. The molecule has 0 aliphatic heterocycles. The number of rotatable bonds is 3. The lowest BCUT2D eigenvalue weighted by atomic mass is 9.64. The lowest BCUT2D eigenvalue weighted by Gasteiger charge is -2.41. The molecule has 2 N–H and O–H groups in total. The van der Waals surface area contributed by atoms with Crippen LogP contribution in [0.5, 0.6) is 0 Å². The van der Waals surface area contributed by atoms with Gasteiger partial charge in [0, 0.05) is 17.9 Å². The van der Waals surface area contributed by atoms with Crippen molar-refractivity contribution in [2.24, 2.45) is 5.92 Å². The van der Waals surface area contributed by atoms with Crippen molar-refractivity contribution in [2.45, 2.75) is 38.7 Å². The number of Topliss-reactive ketones (excluding diaryl/α,β-unsaturated/α-hetero) is 2. The predicted molar refractivity (Wildman–Crippen MR) is 78.9 cm³/mol. The molecule has 2 rings (SSSR count). The van der Waals surface area contributed by atoms with Gasteiger partial charge in [0.05, 0.1) is 11.5 Å². The zero-order chi connectivity index (χ0) is 15.8. The first-order valence-corrected chi connectivity index (χ1v) is 6.96. The van der Waals surface area contributed by atoms with Gasteiger partial charge in [-0.25, -0.2) is 0 Å². The van der Waals surface area contributed by atoms with Gasteiger partial charge >= 0.3 is 0 Å². The molecule has 1 aromatic carbocycles. The van der Waals surface area contributed by atoms with Gasteiger partial charge in [-0.1, -0.05) is 30.3 Å². The molecule has 1 aliphatic rings. The van der Waals surface area contributed by atoms with E-state index in [9.17, 15) is 19.8 Å². The van der Waals surface area contributed by atoms with Crippen molar-refractivity contribution >= 4 is 11.6 Å². The van der Waals surface area contributed by atoms with Crippen LogP contribution in [0.1, 0.15) is 38.7 Å². The van der Waals surface area contributed by atoms with Gasteiger partial charge in [0.25, 0.3) is 0 Å². The van der Waals surface area contributed by atoms with Gasteiger partial charge in [0.15, 0.2) is 5.78 Å². The molecule has 0 bridgehead atoms. The molecule has 0 unspecified atom stereocenters. The van der Waals surface area contributed by atoms with Crippen LogP contribution in [0.25, 0.3) is 0 Å². The van der Waals surface area contributed by atoms with Crippen LogP contribution in [-0.2, 0) is 9.59 Å². The van der Waals surface area contributed by atoms with E-state index in [4.69, 9.17) is 0 Å². The second-order valence-electron chi connectivity index (χ2n) is 5.93. The zero-order valence-electron chi connectivity index (χ0n) is 12.5. The van der Waals surface area contributed by atoms with Crippen molar-refractivity contribution in [1.29, 1.82) is 0 Å². The fraction of sp³-hybridized carbons (Fsp3) is 0.412. The van der Waals surface area contributed by atoms with Gasteiger partial charge in [0.1, 0.15) is 11.5 Å². The van der Waals surface area contributed by atoms with Crippen molar-refractivity contribution in [1.82, 2.24) is 0 Å². The van der Waals surface area contributed by atoms with E-state index in [1.165, 1.54) is 20.8 Å². The van der Waals surface area contributed by atoms with Crippen LogP contribution in [0, 0.1) is 5.92 Å². The Morgan fingerprint density at radius 2 is 1.76 bits per heavy atom. The largest absolute Gasteiger partial charge is 0.512 e. The quantitative estimate of drug-likeness (QED) is 0.896. The van der Waals surface area contributed by atoms with Crippen molar-refractivity contribution in [3.8, 4) is 0 Å². The Kier molecular flexibility index (Phi) is 4.01. The smallest absolute Gasteiger partial charge is 0.159 e. The van der Waals surface area contributed by atoms with Crippen LogP contribution in [-0.4, -0.2) is 27.4 Å². The molecule has 4 heteroatoms. The van der Waals surface area contributed by atoms with E-state index in [1.54, 1.807) is 12.1 Å². The highest BCUT2D eigenvalue weighted by atomic mass is 16.3. The Balaban J connectivity index is 2.69. The molecule has 0 saturated carbocycles. The van der Waals surface area contributed by atoms with Crippen molar-refractivity contribution < 1.29 is 19.8 Å². The minimum absolute atomic E-state index is 0.0878. The lowest BCUT2D eigenvalue weighted by Crippen LogP contribution is -2.47. The van der Waals surface area contributed by atoms with Crippen molar-refractivity contribution in [3.05, 3.63) is 47.2 Å². The van der Waals surface area contributed by atoms with Gasteiger partial charge in [-0.2, -0.15) is 0 Å². The molecule has 0 amide bonds. The Morgan fingerprint density at radius 3 is 2.24 bits per heavy atom. The van der Waals surface area contributed by atoms with E-state index in [-0.39, 0.29) is 29.3 Å². The average molecular weight is 288 g/mol. The molecular weight excluding hydrogens is 268 g/mol. The summed E-state index contributed by atoms with van der Waals surface area (Å²) in [5, 5.41) is 20.8. The van der Waals surface area contributed by atoms with Gasteiger partial charge in [0.2, 0.25) is 0 Å². The average Bonchev–Trinajstić information content (AvgIpc) is 2.36. The number of ketones is 2. The number of carbonyl (C=O) groups excluding carboxylic acids is 2. The molecule has 0 radical (unpaired) electrons. The summed E-state index contributed by atoms with van der Waals surface area (Å²) in [4.78, 5) is 24.1.